The van der Waals surface area contributed by atoms with Crippen LogP contribution in [0.4, 0.5) is 0 Å². The number of hydrogen-bond acceptors (Lipinski definition) is 4. The highest BCUT2D eigenvalue weighted by Gasteiger charge is 2.14. The molecule has 0 bridgehead atoms. The van der Waals surface area contributed by atoms with E-state index in [1.165, 1.54) is 4.57 Å². The number of nitrogens with zero attached hydrogens (tertiary/aromatic N) is 2. The van der Waals surface area contributed by atoms with Crippen molar-refractivity contribution in [3.8, 4) is 11.1 Å². The van der Waals surface area contributed by atoms with E-state index in [1.54, 1.807) is 30.7 Å². The predicted octanol–water partition coefficient (Wildman–Crippen LogP) is 2.70. The lowest BCUT2D eigenvalue weighted by Crippen LogP contribution is -2.31. The van der Waals surface area contributed by atoms with Crippen LogP contribution in [0.5, 0.6) is 0 Å². The van der Waals surface area contributed by atoms with Crippen molar-refractivity contribution in [2.75, 3.05) is 0 Å². The van der Waals surface area contributed by atoms with E-state index in [1.807, 2.05) is 31.2 Å². The zero-order valence-electron chi connectivity index (χ0n) is 13.5. The second-order valence-corrected chi connectivity index (χ2v) is 5.85. The molecule has 0 amide bonds. The number of nitrogens with one attached hydrogen (secondary N) is 1. The highest BCUT2D eigenvalue weighted by Crippen LogP contribution is 2.25. The lowest BCUT2D eigenvalue weighted by molar-refractivity contribution is 0.490. The van der Waals surface area contributed by atoms with Crippen LogP contribution < -0.4 is 11.2 Å². The molecular formula is C19H15N3O3. The Morgan fingerprint density at radius 3 is 2.64 bits per heavy atom. The molecule has 1 aromatic carbocycles. The summed E-state index contributed by atoms with van der Waals surface area (Å²) >= 11 is 0. The molecule has 1 N–H and O–H groups in total. The SMILES string of the molecule is Cc1ccc(-c2ccnc3c2c(=O)[nH]c(=O)n3Cc2ccco2)cc1. The van der Waals surface area contributed by atoms with Crippen molar-refractivity contribution in [1.29, 1.82) is 0 Å². The van der Waals surface area contributed by atoms with E-state index < -0.39 is 11.2 Å². The second kappa shape index (κ2) is 5.90. The summed E-state index contributed by atoms with van der Waals surface area (Å²) in [6, 6.07) is 13.2. The molecule has 0 aliphatic rings. The third-order valence-electron chi connectivity index (χ3n) is 4.14. The number of pyridine rings is 1. The summed E-state index contributed by atoms with van der Waals surface area (Å²) in [5.41, 5.74) is 2.14. The quantitative estimate of drug-likeness (QED) is 0.625. The first-order chi connectivity index (χ1) is 12.1. The Bertz CT molecular complexity index is 1150. The minimum atomic E-state index is -0.512. The molecule has 4 aromatic rings. The molecule has 0 saturated carbocycles. The Labute approximate surface area is 142 Å². The number of aryl methyl sites for hydroxylation is 1. The number of furan rings is 1. The van der Waals surface area contributed by atoms with E-state index in [4.69, 9.17) is 4.42 Å². The van der Waals surface area contributed by atoms with Crippen LogP contribution in [-0.4, -0.2) is 14.5 Å². The number of aromatic amines is 1. The monoisotopic (exact) mass is 333 g/mol. The van der Waals surface area contributed by atoms with Crippen molar-refractivity contribution in [1.82, 2.24) is 14.5 Å². The summed E-state index contributed by atoms with van der Waals surface area (Å²) in [5, 5.41) is 0.387. The summed E-state index contributed by atoms with van der Waals surface area (Å²) < 4.78 is 6.73. The Morgan fingerprint density at radius 2 is 1.92 bits per heavy atom. The number of aromatic nitrogens is 3. The normalized spacial score (nSPS) is 11.1. The van der Waals surface area contributed by atoms with Gasteiger partial charge in [-0.3, -0.25) is 14.3 Å². The van der Waals surface area contributed by atoms with Gasteiger partial charge in [-0.2, -0.15) is 0 Å². The van der Waals surface area contributed by atoms with Crippen LogP contribution in [0.15, 0.2) is 68.9 Å². The second-order valence-electron chi connectivity index (χ2n) is 5.85. The fourth-order valence-corrected chi connectivity index (χ4v) is 2.88. The van der Waals surface area contributed by atoms with Crippen LogP contribution in [0.2, 0.25) is 0 Å². The molecule has 0 spiro atoms. The predicted molar refractivity (Wildman–Crippen MR) is 94.6 cm³/mol. The van der Waals surface area contributed by atoms with Crippen LogP contribution in [0.3, 0.4) is 0 Å². The number of hydrogen-bond donors (Lipinski definition) is 1. The largest absolute Gasteiger partial charge is 0.467 e. The van der Waals surface area contributed by atoms with Gasteiger partial charge in [0.1, 0.15) is 5.76 Å². The average molecular weight is 333 g/mol. The lowest BCUT2D eigenvalue weighted by Gasteiger charge is -2.10. The summed E-state index contributed by atoms with van der Waals surface area (Å²) in [7, 11) is 0. The van der Waals surface area contributed by atoms with Crippen LogP contribution >= 0.6 is 0 Å². The van der Waals surface area contributed by atoms with Crippen molar-refractivity contribution in [2.24, 2.45) is 0 Å². The van der Waals surface area contributed by atoms with E-state index in [9.17, 15) is 9.59 Å². The third kappa shape index (κ3) is 2.67. The number of rotatable bonds is 3. The van der Waals surface area contributed by atoms with Crippen LogP contribution in [0.1, 0.15) is 11.3 Å². The molecule has 0 unspecified atom stereocenters. The van der Waals surface area contributed by atoms with Crippen molar-refractivity contribution in [2.45, 2.75) is 13.5 Å². The maximum Gasteiger partial charge on any atom is 0.330 e. The Balaban J connectivity index is 2.00. The van der Waals surface area contributed by atoms with Gasteiger partial charge < -0.3 is 4.42 Å². The van der Waals surface area contributed by atoms with Gasteiger partial charge in [0.25, 0.3) is 5.56 Å². The molecule has 0 aliphatic heterocycles. The zero-order valence-corrected chi connectivity index (χ0v) is 13.5. The van der Waals surface area contributed by atoms with Crippen molar-refractivity contribution in [3.05, 3.63) is 87.1 Å². The van der Waals surface area contributed by atoms with Gasteiger partial charge in [0.15, 0.2) is 5.65 Å². The van der Waals surface area contributed by atoms with Gasteiger partial charge in [0, 0.05) is 6.20 Å². The van der Waals surface area contributed by atoms with Crippen LogP contribution in [0.25, 0.3) is 22.2 Å². The molecule has 0 fully saturated rings. The highest BCUT2D eigenvalue weighted by molar-refractivity contribution is 5.91. The molecule has 0 radical (unpaired) electrons. The fraction of sp³-hybridized carbons (Fsp3) is 0.105. The fourth-order valence-electron chi connectivity index (χ4n) is 2.88. The van der Waals surface area contributed by atoms with Crippen molar-refractivity contribution < 1.29 is 4.42 Å². The molecule has 6 heteroatoms. The van der Waals surface area contributed by atoms with E-state index >= 15 is 0 Å². The van der Waals surface area contributed by atoms with Crippen LogP contribution in [0, 0.1) is 6.92 Å². The molecule has 25 heavy (non-hydrogen) atoms. The molecule has 124 valence electrons. The Hall–Kier alpha value is -3.41. The summed E-state index contributed by atoms with van der Waals surface area (Å²) in [4.78, 5) is 31.5. The molecular weight excluding hydrogens is 318 g/mol. The van der Waals surface area contributed by atoms with E-state index in [2.05, 4.69) is 9.97 Å². The maximum absolute atomic E-state index is 12.5. The van der Waals surface area contributed by atoms with Gasteiger partial charge in [0.2, 0.25) is 0 Å². The van der Waals surface area contributed by atoms with Gasteiger partial charge in [-0.05, 0) is 36.2 Å². The minimum absolute atomic E-state index is 0.198. The maximum atomic E-state index is 12.5. The lowest BCUT2D eigenvalue weighted by atomic mass is 10.0. The molecule has 6 nitrogen and oxygen atoms in total. The molecule has 0 atom stereocenters. The molecule has 0 aliphatic carbocycles. The molecule has 3 aromatic heterocycles. The average Bonchev–Trinajstić information content (AvgIpc) is 3.12. The van der Waals surface area contributed by atoms with Gasteiger partial charge in [-0.1, -0.05) is 29.8 Å². The topological polar surface area (TPSA) is 80.9 Å². The summed E-state index contributed by atoms with van der Waals surface area (Å²) in [5.74, 6) is 0.609. The van der Waals surface area contributed by atoms with E-state index in [0.29, 0.717) is 16.8 Å². The smallest absolute Gasteiger partial charge is 0.330 e. The Kier molecular flexibility index (Phi) is 3.57. The van der Waals surface area contributed by atoms with E-state index in [-0.39, 0.29) is 6.54 Å². The first kappa shape index (κ1) is 15.1. The summed E-state index contributed by atoms with van der Waals surface area (Å²) in [6.45, 7) is 2.20. The third-order valence-corrected chi connectivity index (χ3v) is 4.14. The van der Waals surface area contributed by atoms with Gasteiger partial charge >= 0.3 is 5.69 Å². The first-order valence-corrected chi connectivity index (χ1v) is 7.85. The van der Waals surface area contributed by atoms with Crippen molar-refractivity contribution in [3.63, 3.8) is 0 Å². The first-order valence-electron chi connectivity index (χ1n) is 7.85. The van der Waals surface area contributed by atoms with Gasteiger partial charge in [-0.15, -0.1) is 0 Å². The molecule has 3 heterocycles. The minimum Gasteiger partial charge on any atom is -0.467 e. The molecule has 0 saturated heterocycles. The number of H-pyrrole nitrogens is 1. The van der Waals surface area contributed by atoms with Gasteiger partial charge in [0.05, 0.1) is 18.2 Å². The van der Waals surface area contributed by atoms with E-state index in [0.717, 1.165) is 16.7 Å². The molecule has 4 rings (SSSR count). The Morgan fingerprint density at radius 1 is 1.12 bits per heavy atom. The number of benzene rings is 1. The standard InChI is InChI=1S/C19H15N3O3/c1-12-4-6-13(7-5-12)15-8-9-20-17-16(15)18(23)21-19(24)22(17)11-14-3-2-10-25-14/h2-10H,11H2,1H3,(H,21,23,24). The van der Waals surface area contributed by atoms with Crippen LogP contribution in [-0.2, 0) is 6.54 Å². The van der Waals surface area contributed by atoms with Gasteiger partial charge in [-0.25, -0.2) is 9.78 Å². The number of fused-ring (bicyclic) bond motifs is 1. The van der Waals surface area contributed by atoms with Crippen molar-refractivity contribution >= 4 is 11.0 Å². The summed E-state index contributed by atoms with van der Waals surface area (Å²) in [6.07, 6.45) is 3.15. The zero-order chi connectivity index (χ0) is 17.4. The highest BCUT2D eigenvalue weighted by atomic mass is 16.3.